The number of imide groups is 1. The van der Waals surface area contributed by atoms with Gasteiger partial charge in [-0.15, -0.1) is 0 Å². The monoisotopic (exact) mass is 474 g/mol. The van der Waals surface area contributed by atoms with Crippen LogP contribution in [0.15, 0.2) is 18.2 Å². The molecule has 3 heterocycles. The third-order valence-corrected chi connectivity index (χ3v) is 6.38. The molecule has 1 atom stereocenters. The molecular formula is C24H34N4O6. The van der Waals surface area contributed by atoms with Crippen LogP contribution < -0.4 is 16.0 Å². The summed E-state index contributed by atoms with van der Waals surface area (Å²) in [4.78, 5) is 38.1. The summed E-state index contributed by atoms with van der Waals surface area (Å²) in [6.07, 6.45) is 3.06. The van der Waals surface area contributed by atoms with Crippen molar-refractivity contribution < 1.29 is 28.6 Å². The number of carbonyl (C=O) groups excluding carboxylic acids is 3. The van der Waals surface area contributed by atoms with Crippen LogP contribution in [-0.4, -0.2) is 87.4 Å². The highest BCUT2D eigenvalue weighted by Gasteiger charge is 2.39. The van der Waals surface area contributed by atoms with Gasteiger partial charge >= 0.3 is 0 Å². The van der Waals surface area contributed by atoms with Crippen LogP contribution in [0.2, 0.25) is 0 Å². The van der Waals surface area contributed by atoms with Crippen LogP contribution in [0, 0.1) is 0 Å². The van der Waals surface area contributed by atoms with E-state index in [1.54, 1.807) is 11.0 Å². The van der Waals surface area contributed by atoms with E-state index in [-0.39, 0.29) is 18.2 Å². The minimum atomic E-state index is -0.612. The molecule has 0 aliphatic carbocycles. The molecule has 1 unspecified atom stereocenters. The van der Waals surface area contributed by atoms with E-state index in [2.05, 4.69) is 16.0 Å². The summed E-state index contributed by atoms with van der Waals surface area (Å²) in [6.45, 7) is 5.68. The maximum atomic E-state index is 12.9. The number of hydrogen-bond acceptors (Lipinski definition) is 8. The quantitative estimate of drug-likeness (QED) is 0.299. The van der Waals surface area contributed by atoms with Gasteiger partial charge in [-0.3, -0.25) is 19.7 Å². The molecule has 186 valence electrons. The number of piperidine rings is 2. The molecule has 10 nitrogen and oxygen atoms in total. The zero-order valence-electron chi connectivity index (χ0n) is 19.5. The molecule has 0 saturated carbocycles. The zero-order valence-corrected chi connectivity index (χ0v) is 19.5. The molecule has 2 saturated heterocycles. The summed E-state index contributed by atoms with van der Waals surface area (Å²) in [7, 11) is 0. The van der Waals surface area contributed by atoms with Crippen LogP contribution in [0.5, 0.6) is 0 Å². The number of amides is 3. The molecule has 10 heteroatoms. The first-order valence-corrected chi connectivity index (χ1v) is 12.1. The van der Waals surface area contributed by atoms with Crippen molar-refractivity contribution in [1.29, 1.82) is 0 Å². The van der Waals surface area contributed by atoms with E-state index in [4.69, 9.17) is 14.2 Å². The Balaban J connectivity index is 1.12. The van der Waals surface area contributed by atoms with Gasteiger partial charge in [0, 0.05) is 36.3 Å². The first-order chi connectivity index (χ1) is 16.6. The van der Waals surface area contributed by atoms with Crippen LogP contribution in [0.4, 0.5) is 5.69 Å². The Morgan fingerprint density at radius 2 is 1.74 bits per heavy atom. The minimum Gasteiger partial charge on any atom is -0.382 e. The summed E-state index contributed by atoms with van der Waals surface area (Å²) in [5.74, 6) is -0.866. The van der Waals surface area contributed by atoms with Gasteiger partial charge in [0.05, 0.1) is 39.1 Å². The predicted octanol–water partition coefficient (Wildman–Crippen LogP) is 0.661. The number of rotatable bonds is 12. The van der Waals surface area contributed by atoms with E-state index in [1.807, 2.05) is 12.1 Å². The van der Waals surface area contributed by atoms with Crippen molar-refractivity contribution in [2.24, 2.45) is 0 Å². The Morgan fingerprint density at radius 3 is 2.53 bits per heavy atom. The third-order valence-electron chi connectivity index (χ3n) is 6.38. The molecule has 2 fully saturated rings. The summed E-state index contributed by atoms with van der Waals surface area (Å²) >= 11 is 0. The molecule has 0 aromatic heterocycles. The molecule has 1 aromatic carbocycles. The van der Waals surface area contributed by atoms with Crippen molar-refractivity contribution in [3.05, 3.63) is 29.3 Å². The highest BCUT2D eigenvalue weighted by atomic mass is 16.5. The molecule has 0 radical (unpaired) electrons. The van der Waals surface area contributed by atoms with E-state index < -0.39 is 11.9 Å². The molecule has 0 spiro atoms. The molecule has 4 rings (SSSR count). The van der Waals surface area contributed by atoms with Gasteiger partial charge in [-0.05, 0) is 44.5 Å². The summed E-state index contributed by atoms with van der Waals surface area (Å²) in [6, 6.07) is 4.91. The highest BCUT2D eigenvalue weighted by molar-refractivity contribution is 6.06. The second kappa shape index (κ2) is 12.3. The fraction of sp³-hybridized carbons (Fsp3) is 0.625. The third kappa shape index (κ3) is 6.32. The Morgan fingerprint density at radius 1 is 0.971 bits per heavy atom. The van der Waals surface area contributed by atoms with Crippen molar-refractivity contribution in [2.75, 3.05) is 58.0 Å². The second-order valence-electron chi connectivity index (χ2n) is 8.70. The Labute approximate surface area is 199 Å². The molecule has 1 aromatic rings. The van der Waals surface area contributed by atoms with Crippen molar-refractivity contribution in [3.8, 4) is 0 Å². The summed E-state index contributed by atoms with van der Waals surface area (Å²) in [5, 5.41) is 8.98. The molecule has 3 aliphatic heterocycles. The second-order valence-corrected chi connectivity index (χ2v) is 8.70. The van der Waals surface area contributed by atoms with Crippen molar-refractivity contribution >= 4 is 23.4 Å². The van der Waals surface area contributed by atoms with Crippen LogP contribution in [0.1, 0.15) is 41.6 Å². The van der Waals surface area contributed by atoms with E-state index in [0.29, 0.717) is 64.2 Å². The number of hydrogen-bond donors (Lipinski definition) is 3. The largest absolute Gasteiger partial charge is 0.382 e. The molecule has 3 aliphatic rings. The molecule has 0 bridgehead atoms. The van der Waals surface area contributed by atoms with Gasteiger partial charge in [0.15, 0.2) is 0 Å². The van der Waals surface area contributed by atoms with Crippen molar-refractivity contribution in [1.82, 2.24) is 15.5 Å². The normalized spacial score (nSPS) is 21.0. The summed E-state index contributed by atoms with van der Waals surface area (Å²) in [5.41, 5.74) is 2.32. The molecule has 34 heavy (non-hydrogen) atoms. The standard InChI is InChI=1S/C24H34N4O6/c29-22-5-4-21(23(30)27-22)28-16-19-18(24(28)31)2-1-3-20(19)26-10-11-32-12-13-33-14-15-34-17-6-8-25-9-7-17/h1-3,17,21,25-26H,4-16H2,(H,27,29,30). The van der Waals surface area contributed by atoms with Gasteiger partial charge in [-0.25, -0.2) is 0 Å². The average Bonchev–Trinajstić information content (AvgIpc) is 3.18. The minimum absolute atomic E-state index is 0.175. The van der Waals surface area contributed by atoms with Gasteiger partial charge in [0.2, 0.25) is 11.8 Å². The maximum absolute atomic E-state index is 12.9. The SMILES string of the molecule is O=C1CCC(N2Cc3c(NCCOCCOCCOC4CCNCC4)cccc3C2=O)C(=O)N1. The van der Waals surface area contributed by atoms with E-state index in [9.17, 15) is 14.4 Å². The molecular weight excluding hydrogens is 440 g/mol. The number of carbonyl (C=O) groups is 3. The topological polar surface area (TPSA) is 118 Å². The summed E-state index contributed by atoms with van der Waals surface area (Å²) < 4.78 is 17.0. The van der Waals surface area contributed by atoms with Gasteiger partial charge in [0.1, 0.15) is 6.04 Å². The number of nitrogens with one attached hydrogen (secondary N) is 3. The first kappa shape index (κ1) is 24.6. The van der Waals surface area contributed by atoms with Gasteiger partial charge in [-0.1, -0.05) is 6.07 Å². The fourth-order valence-electron chi connectivity index (χ4n) is 4.57. The van der Waals surface area contributed by atoms with Crippen LogP contribution >= 0.6 is 0 Å². The van der Waals surface area contributed by atoms with E-state index in [0.717, 1.165) is 37.2 Å². The van der Waals surface area contributed by atoms with Gasteiger partial charge < -0.3 is 29.7 Å². The highest BCUT2D eigenvalue weighted by Crippen LogP contribution is 2.32. The lowest BCUT2D eigenvalue weighted by Crippen LogP contribution is -2.52. The lowest BCUT2D eigenvalue weighted by atomic mass is 10.0. The molecule has 3 amide bonds. The lowest BCUT2D eigenvalue weighted by molar-refractivity contribution is -0.136. The zero-order chi connectivity index (χ0) is 23.8. The Hall–Kier alpha value is -2.53. The number of fused-ring (bicyclic) bond motifs is 1. The predicted molar refractivity (Wildman–Crippen MR) is 124 cm³/mol. The van der Waals surface area contributed by atoms with E-state index in [1.165, 1.54) is 0 Å². The van der Waals surface area contributed by atoms with Crippen molar-refractivity contribution in [3.63, 3.8) is 0 Å². The van der Waals surface area contributed by atoms with Crippen molar-refractivity contribution in [2.45, 2.75) is 44.4 Å². The number of benzene rings is 1. The van der Waals surface area contributed by atoms with Gasteiger partial charge in [0.25, 0.3) is 5.91 Å². The smallest absolute Gasteiger partial charge is 0.255 e. The van der Waals surface area contributed by atoms with Crippen LogP contribution in [-0.2, 0) is 30.3 Å². The average molecular weight is 475 g/mol. The van der Waals surface area contributed by atoms with E-state index >= 15 is 0 Å². The molecule has 3 N–H and O–H groups in total. The first-order valence-electron chi connectivity index (χ1n) is 12.1. The Bertz CT molecular complexity index is 873. The van der Waals surface area contributed by atoms with Gasteiger partial charge in [-0.2, -0.15) is 0 Å². The maximum Gasteiger partial charge on any atom is 0.255 e. The van der Waals surface area contributed by atoms with Crippen LogP contribution in [0.3, 0.4) is 0 Å². The number of anilines is 1. The fourth-order valence-corrected chi connectivity index (χ4v) is 4.57. The number of nitrogens with zero attached hydrogens (tertiary/aromatic N) is 1. The number of ether oxygens (including phenoxy) is 3. The Kier molecular flexibility index (Phi) is 8.86. The lowest BCUT2D eigenvalue weighted by Gasteiger charge is -2.29. The van der Waals surface area contributed by atoms with Crippen LogP contribution in [0.25, 0.3) is 0 Å².